The average Bonchev–Trinajstić information content (AvgIpc) is 2.71. The predicted molar refractivity (Wildman–Crippen MR) is 121 cm³/mol. The highest BCUT2D eigenvalue weighted by atomic mass is 79.9. The molecule has 1 aliphatic heterocycles. The van der Waals surface area contributed by atoms with Crippen molar-refractivity contribution in [2.45, 2.75) is 38.5 Å². The van der Waals surface area contributed by atoms with Crippen LogP contribution in [-0.4, -0.2) is 38.3 Å². The molecule has 0 unspecified atom stereocenters. The van der Waals surface area contributed by atoms with Crippen LogP contribution in [0.15, 0.2) is 45.8 Å². The average molecular weight is 495 g/mol. The second-order valence-electron chi connectivity index (χ2n) is 7.51. The molecule has 1 amide bonds. The molecule has 0 bridgehead atoms. The SMILES string of the molecule is CCOc1ccc(S(=O)(=O)N2CCC[C@@H](C(=O)Nc3c(C)cc(Br)cc3C)C2)cc1. The first-order valence-electron chi connectivity index (χ1n) is 10.0. The number of rotatable bonds is 6. The lowest BCUT2D eigenvalue weighted by Gasteiger charge is -2.31. The number of nitrogens with one attached hydrogen (secondary N) is 1. The number of carbonyl (C=O) groups excluding carboxylic acids is 1. The molecular weight excluding hydrogens is 468 g/mol. The summed E-state index contributed by atoms with van der Waals surface area (Å²) >= 11 is 3.46. The Morgan fingerprint density at radius 2 is 1.83 bits per heavy atom. The van der Waals surface area contributed by atoms with Gasteiger partial charge in [-0.2, -0.15) is 4.31 Å². The van der Waals surface area contributed by atoms with Crippen LogP contribution in [-0.2, 0) is 14.8 Å². The Hall–Kier alpha value is -1.90. The van der Waals surface area contributed by atoms with E-state index in [2.05, 4.69) is 21.2 Å². The van der Waals surface area contributed by atoms with Crippen molar-refractivity contribution in [2.24, 2.45) is 5.92 Å². The van der Waals surface area contributed by atoms with E-state index in [-0.39, 0.29) is 17.3 Å². The lowest BCUT2D eigenvalue weighted by Crippen LogP contribution is -2.43. The molecule has 6 nitrogen and oxygen atoms in total. The van der Waals surface area contributed by atoms with Crippen molar-refractivity contribution in [3.8, 4) is 5.75 Å². The fourth-order valence-corrected chi connectivity index (χ4v) is 5.94. The quantitative estimate of drug-likeness (QED) is 0.640. The van der Waals surface area contributed by atoms with Gasteiger partial charge >= 0.3 is 0 Å². The van der Waals surface area contributed by atoms with Crippen LogP contribution in [0.3, 0.4) is 0 Å². The molecule has 0 spiro atoms. The van der Waals surface area contributed by atoms with Gasteiger partial charge in [0.2, 0.25) is 15.9 Å². The number of anilines is 1. The van der Waals surface area contributed by atoms with E-state index in [1.165, 1.54) is 4.31 Å². The summed E-state index contributed by atoms with van der Waals surface area (Å²) in [6.45, 7) is 6.87. The van der Waals surface area contributed by atoms with E-state index in [4.69, 9.17) is 4.74 Å². The van der Waals surface area contributed by atoms with Gasteiger partial charge in [-0.15, -0.1) is 0 Å². The summed E-state index contributed by atoms with van der Waals surface area (Å²) in [6.07, 6.45) is 1.31. The Kier molecular flexibility index (Phi) is 7.21. The van der Waals surface area contributed by atoms with E-state index < -0.39 is 15.9 Å². The van der Waals surface area contributed by atoms with Crippen molar-refractivity contribution in [1.82, 2.24) is 4.31 Å². The van der Waals surface area contributed by atoms with Crippen LogP contribution in [0.1, 0.15) is 30.9 Å². The van der Waals surface area contributed by atoms with Crippen molar-refractivity contribution in [3.63, 3.8) is 0 Å². The van der Waals surface area contributed by atoms with E-state index in [9.17, 15) is 13.2 Å². The van der Waals surface area contributed by atoms with Gasteiger partial charge in [-0.3, -0.25) is 4.79 Å². The highest BCUT2D eigenvalue weighted by Crippen LogP contribution is 2.29. The van der Waals surface area contributed by atoms with Crippen LogP contribution in [0.5, 0.6) is 5.75 Å². The smallest absolute Gasteiger partial charge is 0.243 e. The standard InChI is InChI=1S/C22H27BrN2O4S/c1-4-29-19-7-9-20(10-8-19)30(27,28)25-11-5-6-17(14-25)22(26)24-21-15(2)12-18(23)13-16(21)3/h7-10,12-13,17H,4-6,11,14H2,1-3H3,(H,24,26)/t17-/m1/s1. The summed E-state index contributed by atoms with van der Waals surface area (Å²) in [5.41, 5.74) is 2.71. The minimum absolute atomic E-state index is 0.143. The van der Waals surface area contributed by atoms with Crippen LogP contribution in [0, 0.1) is 19.8 Å². The molecule has 162 valence electrons. The summed E-state index contributed by atoms with van der Waals surface area (Å²) in [5.74, 6) is 0.0985. The Balaban J connectivity index is 1.73. The molecule has 1 saturated heterocycles. The maximum absolute atomic E-state index is 13.1. The van der Waals surface area contributed by atoms with Gasteiger partial charge in [-0.05, 0) is 81.1 Å². The first kappa shape index (κ1) is 22.8. The number of hydrogen-bond donors (Lipinski definition) is 1. The number of hydrogen-bond acceptors (Lipinski definition) is 4. The Morgan fingerprint density at radius 1 is 1.20 bits per heavy atom. The summed E-state index contributed by atoms with van der Waals surface area (Å²) in [5, 5.41) is 3.01. The second kappa shape index (κ2) is 9.49. The molecule has 1 aliphatic rings. The van der Waals surface area contributed by atoms with Crippen LogP contribution in [0.4, 0.5) is 5.69 Å². The van der Waals surface area contributed by atoms with Crippen molar-refractivity contribution in [1.29, 1.82) is 0 Å². The second-order valence-corrected chi connectivity index (χ2v) is 10.4. The number of halogens is 1. The van der Waals surface area contributed by atoms with Crippen molar-refractivity contribution < 1.29 is 17.9 Å². The van der Waals surface area contributed by atoms with Gasteiger partial charge in [0.1, 0.15) is 5.75 Å². The number of sulfonamides is 1. The van der Waals surface area contributed by atoms with E-state index >= 15 is 0 Å². The van der Waals surface area contributed by atoms with E-state index in [0.717, 1.165) is 21.3 Å². The van der Waals surface area contributed by atoms with Crippen LogP contribution < -0.4 is 10.1 Å². The predicted octanol–water partition coefficient (Wildman–Crippen LogP) is 4.50. The van der Waals surface area contributed by atoms with Gasteiger partial charge in [0, 0.05) is 23.2 Å². The molecule has 0 aliphatic carbocycles. The third kappa shape index (κ3) is 5.04. The van der Waals surface area contributed by atoms with Gasteiger partial charge in [0.05, 0.1) is 17.4 Å². The van der Waals surface area contributed by atoms with Crippen LogP contribution in [0.2, 0.25) is 0 Å². The first-order chi connectivity index (χ1) is 14.2. The third-order valence-electron chi connectivity index (χ3n) is 5.27. The summed E-state index contributed by atoms with van der Waals surface area (Å²) < 4.78 is 33.9. The monoisotopic (exact) mass is 494 g/mol. The largest absolute Gasteiger partial charge is 0.494 e. The lowest BCUT2D eigenvalue weighted by molar-refractivity contribution is -0.120. The van der Waals surface area contributed by atoms with E-state index in [0.29, 0.717) is 31.7 Å². The molecule has 0 radical (unpaired) electrons. The normalized spacial score (nSPS) is 17.5. The molecule has 1 N–H and O–H groups in total. The molecule has 1 fully saturated rings. The minimum Gasteiger partial charge on any atom is -0.494 e. The Morgan fingerprint density at radius 3 is 2.43 bits per heavy atom. The number of benzene rings is 2. The van der Waals surface area contributed by atoms with E-state index in [1.807, 2.05) is 32.9 Å². The maximum atomic E-state index is 13.1. The highest BCUT2D eigenvalue weighted by Gasteiger charge is 2.33. The molecular formula is C22H27BrN2O4S. The van der Waals surface area contributed by atoms with Crippen molar-refractivity contribution >= 4 is 37.5 Å². The van der Waals surface area contributed by atoms with Crippen LogP contribution >= 0.6 is 15.9 Å². The minimum atomic E-state index is -3.66. The fraction of sp³-hybridized carbons (Fsp3) is 0.409. The van der Waals surface area contributed by atoms with Crippen LogP contribution in [0.25, 0.3) is 0 Å². The molecule has 2 aromatic rings. The molecule has 30 heavy (non-hydrogen) atoms. The topological polar surface area (TPSA) is 75.7 Å². The number of nitrogens with zero attached hydrogens (tertiary/aromatic N) is 1. The molecule has 2 aromatic carbocycles. The van der Waals surface area contributed by atoms with Gasteiger partial charge in [0.25, 0.3) is 0 Å². The number of aryl methyl sites for hydroxylation is 2. The van der Waals surface area contributed by atoms with Gasteiger partial charge in [-0.1, -0.05) is 15.9 Å². The number of ether oxygens (including phenoxy) is 1. The molecule has 3 rings (SSSR count). The first-order valence-corrected chi connectivity index (χ1v) is 12.3. The molecule has 1 heterocycles. The van der Waals surface area contributed by atoms with Gasteiger partial charge < -0.3 is 10.1 Å². The Labute approximate surface area is 186 Å². The van der Waals surface area contributed by atoms with Crippen molar-refractivity contribution in [2.75, 3.05) is 25.0 Å². The van der Waals surface area contributed by atoms with Crippen molar-refractivity contribution in [3.05, 3.63) is 52.0 Å². The summed E-state index contributed by atoms with van der Waals surface area (Å²) in [6, 6.07) is 10.3. The third-order valence-corrected chi connectivity index (χ3v) is 7.61. The molecule has 1 atom stereocenters. The highest BCUT2D eigenvalue weighted by molar-refractivity contribution is 9.10. The molecule has 0 aromatic heterocycles. The number of carbonyl (C=O) groups is 1. The number of amides is 1. The van der Waals surface area contributed by atoms with Gasteiger partial charge in [-0.25, -0.2) is 8.42 Å². The fourth-order valence-electron chi connectivity index (χ4n) is 3.73. The van der Waals surface area contributed by atoms with E-state index in [1.54, 1.807) is 24.3 Å². The molecule has 8 heteroatoms. The molecule has 0 saturated carbocycles. The lowest BCUT2D eigenvalue weighted by atomic mass is 9.98. The summed E-state index contributed by atoms with van der Waals surface area (Å²) in [4.78, 5) is 13.1. The zero-order valence-corrected chi connectivity index (χ0v) is 19.8. The Bertz CT molecular complexity index is 999. The number of piperidine rings is 1. The van der Waals surface area contributed by atoms with Gasteiger partial charge in [0.15, 0.2) is 0 Å². The summed E-state index contributed by atoms with van der Waals surface area (Å²) in [7, 11) is -3.66. The zero-order valence-electron chi connectivity index (χ0n) is 17.4. The maximum Gasteiger partial charge on any atom is 0.243 e. The zero-order chi connectivity index (χ0) is 21.9.